The number of hydrogen-bond acceptors (Lipinski definition) is 2. The monoisotopic (exact) mass is 311 g/mol. The predicted octanol–water partition coefficient (Wildman–Crippen LogP) is 5.58. The number of hydrogen-bond donors (Lipinski definition) is 0. The van der Waals surface area contributed by atoms with Gasteiger partial charge in [0, 0.05) is 11.8 Å². The minimum absolute atomic E-state index is 0.834. The van der Waals surface area contributed by atoms with E-state index in [0.717, 1.165) is 22.6 Å². The zero-order chi connectivity index (χ0) is 16.4. The fourth-order valence-corrected chi connectivity index (χ4v) is 2.99. The normalized spacial score (nSPS) is 10.7. The molecule has 0 radical (unpaired) electrons. The lowest BCUT2D eigenvalue weighted by Gasteiger charge is -2.12. The van der Waals surface area contributed by atoms with Gasteiger partial charge in [-0.2, -0.15) is 0 Å². The number of methoxy groups -OCH3 is 1. The quantitative estimate of drug-likeness (QED) is 0.493. The van der Waals surface area contributed by atoms with Crippen LogP contribution in [0, 0.1) is 0 Å². The second-order valence-electron chi connectivity index (χ2n) is 5.69. The summed E-state index contributed by atoms with van der Waals surface area (Å²) in [4.78, 5) is 4.52. The van der Waals surface area contributed by atoms with Crippen molar-refractivity contribution in [2.24, 2.45) is 0 Å². The van der Waals surface area contributed by atoms with Gasteiger partial charge in [-0.1, -0.05) is 48.5 Å². The van der Waals surface area contributed by atoms with Crippen molar-refractivity contribution in [2.45, 2.75) is 0 Å². The smallest absolute Gasteiger partial charge is 0.119 e. The summed E-state index contributed by atoms with van der Waals surface area (Å²) in [6, 6.07) is 27.1. The molecule has 3 aromatic carbocycles. The van der Waals surface area contributed by atoms with Gasteiger partial charge in [-0.05, 0) is 52.2 Å². The molecule has 0 unspecified atom stereocenters. The SMILES string of the molecule is COc1ccc(-c2ccc3ccccc3c2)c(-c2ccccn2)c1. The Bertz CT molecular complexity index is 993. The molecule has 2 nitrogen and oxygen atoms in total. The molecule has 24 heavy (non-hydrogen) atoms. The van der Waals surface area contributed by atoms with Crippen LogP contribution in [0.5, 0.6) is 5.75 Å². The highest BCUT2D eigenvalue weighted by Gasteiger charge is 2.10. The van der Waals surface area contributed by atoms with Crippen LogP contribution in [0.4, 0.5) is 0 Å². The predicted molar refractivity (Wildman–Crippen MR) is 99.2 cm³/mol. The van der Waals surface area contributed by atoms with E-state index in [1.807, 2.05) is 36.5 Å². The molecular weight excluding hydrogens is 294 g/mol. The molecule has 4 aromatic rings. The number of benzene rings is 3. The van der Waals surface area contributed by atoms with Gasteiger partial charge in [0.2, 0.25) is 0 Å². The molecule has 1 aromatic heterocycles. The molecule has 0 aliphatic carbocycles. The zero-order valence-electron chi connectivity index (χ0n) is 13.4. The molecule has 0 N–H and O–H groups in total. The lowest BCUT2D eigenvalue weighted by atomic mass is 9.95. The average molecular weight is 311 g/mol. The van der Waals surface area contributed by atoms with Crippen LogP contribution in [0.3, 0.4) is 0 Å². The second-order valence-corrected chi connectivity index (χ2v) is 5.69. The van der Waals surface area contributed by atoms with Crippen LogP contribution in [-0.4, -0.2) is 12.1 Å². The highest BCUT2D eigenvalue weighted by molar-refractivity contribution is 5.91. The summed E-state index contributed by atoms with van der Waals surface area (Å²) in [6.07, 6.45) is 1.82. The van der Waals surface area contributed by atoms with Crippen LogP contribution < -0.4 is 4.74 Å². The molecule has 0 saturated heterocycles. The van der Waals surface area contributed by atoms with E-state index in [2.05, 4.69) is 53.5 Å². The molecule has 2 heteroatoms. The molecule has 0 atom stereocenters. The first kappa shape index (κ1) is 14.5. The number of rotatable bonds is 3. The zero-order valence-corrected chi connectivity index (χ0v) is 13.4. The number of aromatic nitrogens is 1. The van der Waals surface area contributed by atoms with Crippen LogP contribution in [0.15, 0.2) is 85.1 Å². The van der Waals surface area contributed by atoms with Crippen molar-refractivity contribution < 1.29 is 4.74 Å². The maximum atomic E-state index is 5.41. The van der Waals surface area contributed by atoms with E-state index in [1.54, 1.807) is 7.11 Å². The molecule has 0 aliphatic heterocycles. The van der Waals surface area contributed by atoms with Gasteiger partial charge in [-0.25, -0.2) is 0 Å². The third-order valence-electron chi connectivity index (χ3n) is 4.23. The molecule has 0 bridgehead atoms. The van der Waals surface area contributed by atoms with Crippen molar-refractivity contribution in [3.8, 4) is 28.1 Å². The minimum atomic E-state index is 0.834. The van der Waals surface area contributed by atoms with Gasteiger partial charge in [0.25, 0.3) is 0 Å². The molecule has 0 spiro atoms. The van der Waals surface area contributed by atoms with E-state index >= 15 is 0 Å². The Hall–Kier alpha value is -3.13. The summed E-state index contributed by atoms with van der Waals surface area (Å²) in [6.45, 7) is 0. The molecule has 1 heterocycles. The molecule has 4 rings (SSSR count). The first-order chi connectivity index (χ1) is 11.8. The van der Waals surface area contributed by atoms with Crippen molar-refractivity contribution in [3.63, 3.8) is 0 Å². The second kappa shape index (κ2) is 6.17. The summed E-state index contributed by atoms with van der Waals surface area (Å²) in [7, 11) is 1.69. The van der Waals surface area contributed by atoms with Gasteiger partial charge < -0.3 is 4.74 Å². The Morgan fingerprint density at radius 2 is 1.54 bits per heavy atom. The Morgan fingerprint density at radius 1 is 0.708 bits per heavy atom. The van der Waals surface area contributed by atoms with Crippen molar-refractivity contribution >= 4 is 10.8 Å². The standard InChI is InChI=1S/C22H17NO/c1-24-19-11-12-20(21(15-19)22-8-4-5-13-23-22)18-10-9-16-6-2-3-7-17(16)14-18/h2-15H,1H3. The molecular formula is C22H17NO. The maximum Gasteiger partial charge on any atom is 0.119 e. The number of pyridine rings is 1. The number of nitrogens with zero attached hydrogens (tertiary/aromatic N) is 1. The Labute approximate surface area is 141 Å². The number of fused-ring (bicyclic) bond motifs is 1. The Morgan fingerprint density at radius 3 is 2.33 bits per heavy atom. The van der Waals surface area contributed by atoms with E-state index in [9.17, 15) is 0 Å². The minimum Gasteiger partial charge on any atom is -0.497 e. The Kier molecular flexibility index (Phi) is 3.72. The molecule has 0 aliphatic rings. The van der Waals surface area contributed by atoms with E-state index < -0.39 is 0 Å². The summed E-state index contributed by atoms with van der Waals surface area (Å²) < 4.78 is 5.41. The van der Waals surface area contributed by atoms with E-state index in [-0.39, 0.29) is 0 Å². The Balaban J connectivity index is 1.93. The maximum absolute atomic E-state index is 5.41. The largest absolute Gasteiger partial charge is 0.497 e. The first-order valence-corrected chi connectivity index (χ1v) is 7.94. The fraction of sp³-hybridized carbons (Fsp3) is 0.0455. The van der Waals surface area contributed by atoms with Crippen LogP contribution in [0.25, 0.3) is 33.2 Å². The molecule has 0 amide bonds. The number of ether oxygens (including phenoxy) is 1. The van der Waals surface area contributed by atoms with Crippen LogP contribution >= 0.6 is 0 Å². The summed E-state index contributed by atoms with van der Waals surface area (Å²) in [5.41, 5.74) is 4.35. The van der Waals surface area contributed by atoms with Crippen LogP contribution in [-0.2, 0) is 0 Å². The van der Waals surface area contributed by atoms with Gasteiger partial charge in [-0.15, -0.1) is 0 Å². The lowest BCUT2D eigenvalue weighted by molar-refractivity contribution is 0.415. The highest BCUT2D eigenvalue weighted by Crippen LogP contribution is 2.35. The van der Waals surface area contributed by atoms with E-state index in [4.69, 9.17) is 4.74 Å². The summed E-state index contributed by atoms with van der Waals surface area (Å²) in [5.74, 6) is 0.834. The third-order valence-corrected chi connectivity index (χ3v) is 4.23. The molecule has 116 valence electrons. The van der Waals surface area contributed by atoms with Crippen molar-refractivity contribution in [2.75, 3.05) is 7.11 Å². The molecule has 0 fully saturated rings. The highest BCUT2D eigenvalue weighted by atomic mass is 16.5. The third kappa shape index (κ3) is 2.63. The van der Waals surface area contributed by atoms with Gasteiger partial charge in [0.05, 0.1) is 12.8 Å². The van der Waals surface area contributed by atoms with E-state index in [0.29, 0.717) is 0 Å². The topological polar surface area (TPSA) is 22.1 Å². The summed E-state index contributed by atoms with van der Waals surface area (Å²) >= 11 is 0. The van der Waals surface area contributed by atoms with Gasteiger partial charge in [0.15, 0.2) is 0 Å². The lowest BCUT2D eigenvalue weighted by Crippen LogP contribution is -1.90. The van der Waals surface area contributed by atoms with Gasteiger partial charge in [0.1, 0.15) is 5.75 Å². The van der Waals surface area contributed by atoms with Crippen molar-refractivity contribution in [1.82, 2.24) is 4.98 Å². The van der Waals surface area contributed by atoms with Crippen LogP contribution in [0.1, 0.15) is 0 Å². The fourth-order valence-electron chi connectivity index (χ4n) is 2.99. The van der Waals surface area contributed by atoms with Gasteiger partial charge >= 0.3 is 0 Å². The first-order valence-electron chi connectivity index (χ1n) is 7.94. The molecule has 0 saturated carbocycles. The van der Waals surface area contributed by atoms with Crippen LogP contribution in [0.2, 0.25) is 0 Å². The average Bonchev–Trinajstić information content (AvgIpc) is 2.68. The summed E-state index contributed by atoms with van der Waals surface area (Å²) in [5, 5.41) is 2.48. The van der Waals surface area contributed by atoms with Crippen molar-refractivity contribution in [3.05, 3.63) is 85.1 Å². The van der Waals surface area contributed by atoms with Crippen molar-refractivity contribution in [1.29, 1.82) is 0 Å². The van der Waals surface area contributed by atoms with E-state index in [1.165, 1.54) is 16.3 Å². The van der Waals surface area contributed by atoms with Gasteiger partial charge in [-0.3, -0.25) is 4.98 Å².